The maximum atomic E-state index is 12.4. The smallest absolute Gasteiger partial charge is 0.223 e. The minimum Gasteiger partial charge on any atom is -0.286 e. The number of hydrogen-bond donors (Lipinski definition) is 0. The number of thiophene rings is 1. The molecule has 0 unspecified atom stereocenters. The zero-order valence-corrected chi connectivity index (χ0v) is 10.8. The molecule has 0 spiro atoms. The van der Waals surface area contributed by atoms with Gasteiger partial charge in [-0.05, 0) is 22.9 Å². The van der Waals surface area contributed by atoms with Crippen molar-refractivity contribution in [1.29, 1.82) is 0 Å². The van der Waals surface area contributed by atoms with E-state index in [1.807, 2.05) is 30.3 Å². The van der Waals surface area contributed by atoms with Crippen LogP contribution in [-0.4, -0.2) is 10.8 Å². The molecule has 0 amide bonds. The van der Waals surface area contributed by atoms with E-state index >= 15 is 0 Å². The molecule has 0 aliphatic carbocycles. The molecule has 0 atom stereocenters. The number of hydrogen-bond acceptors (Lipinski definition) is 3. The van der Waals surface area contributed by atoms with Crippen molar-refractivity contribution in [3.8, 4) is 0 Å². The standard InChI is InChI=1S/C14H8ClNOS/c15-11-6-8-18-14(11)13(17)12-10-4-2-1-3-9(10)5-7-16-12/h1-8H. The monoisotopic (exact) mass is 273 g/mol. The van der Waals surface area contributed by atoms with Crippen LogP contribution in [-0.2, 0) is 0 Å². The molecule has 2 heterocycles. The summed E-state index contributed by atoms with van der Waals surface area (Å²) in [5, 5.41) is 4.15. The van der Waals surface area contributed by atoms with Crippen molar-refractivity contribution < 1.29 is 4.79 Å². The van der Waals surface area contributed by atoms with Crippen LogP contribution in [0, 0.1) is 0 Å². The lowest BCUT2D eigenvalue weighted by Gasteiger charge is -2.03. The molecule has 2 aromatic heterocycles. The number of pyridine rings is 1. The lowest BCUT2D eigenvalue weighted by atomic mass is 10.1. The average molecular weight is 274 g/mol. The molecular formula is C14H8ClNOS. The van der Waals surface area contributed by atoms with Gasteiger partial charge in [0.1, 0.15) is 5.69 Å². The van der Waals surface area contributed by atoms with Crippen molar-refractivity contribution in [1.82, 2.24) is 4.98 Å². The van der Waals surface area contributed by atoms with Gasteiger partial charge in [0.15, 0.2) is 0 Å². The normalized spacial score (nSPS) is 10.7. The highest BCUT2D eigenvalue weighted by Gasteiger charge is 2.17. The van der Waals surface area contributed by atoms with Crippen molar-refractivity contribution >= 4 is 39.5 Å². The Labute approximate surface area is 113 Å². The van der Waals surface area contributed by atoms with Crippen LogP contribution < -0.4 is 0 Å². The highest BCUT2D eigenvalue weighted by molar-refractivity contribution is 7.13. The third-order valence-electron chi connectivity index (χ3n) is 2.71. The molecule has 0 radical (unpaired) electrons. The summed E-state index contributed by atoms with van der Waals surface area (Å²) < 4.78 is 0. The summed E-state index contributed by atoms with van der Waals surface area (Å²) in [4.78, 5) is 17.2. The van der Waals surface area contributed by atoms with Gasteiger partial charge in [0.25, 0.3) is 0 Å². The number of ketones is 1. The van der Waals surface area contributed by atoms with E-state index in [0.29, 0.717) is 15.6 Å². The van der Waals surface area contributed by atoms with Gasteiger partial charge in [0.2, 0.25) is 5.78 Å². The van der Waals surface area contributed by atoms with E-state index in [0.717, 1.165) is 10.8 Å². The van der Waals surface area contributed by atoms with Crippen molar-refractivity contribution in [2.75, 3.05) is 0 Å². The zero-order valence-electron chi connectivity index (χ0n) is 9.26. The number of aromatic nitrogens is 1. The van der Waals surface area contributed by atoms with Crippen LogP contribution in [0.25, 0.3) is 10.8 Å². The Balaban J connectivity index is 2.21. The maximum Gasteiger partial charge on any atom is 0.223 e. The number of fused-ring (bicyclic) bond motifs is 1. The highest BCUT2D eigenvalue weighted by Crippen LogP contribution is 2.27. The van der Waals surface area contributed by atoms with E-state index in [2.05, 4.69) is 4.98 Å². The highest BCUT2D eigenvalue weighted by atomic mass is 35.5. The summed E-state index contributed by atoms with van der Waals surface area (Å²) in [6.45, 7) is 0. The van der Waals surface area contributed by atoms with Gasteiger partial charge in [0, 0.05) is 11.6 Å². The molecule has 1 aromatic carbocycles. The van der Waals surface area contributed by atoms with Gasteiger partial charge in [-0.1, -0.05) is 35.9 Å². The number of halogens is 1. The van der Waals surface area contributed by atoms with Gasteiger partial charge in [-0.15, -0.1) is 11.3 Å². The van der Waals surface area contributed by atoms with Crippen molar-refractivity contribution in [2.45, 2.75) is 0 Å². The summed E-state index contributed by atoms with van der Waals surface area (Å²) in [5.74, 6) is -0.119. The molecule has 0 aliphatic heterocycles. The third kappa shape index (κ3) is 1.82. The van der Waals surface area contributed by atoms with Gasteiger partial charge in [0.05, 0.1) is 9.90 Å². The number of nitrogens with zero attached hydrogens (tertiary/aromatic N) is 1. The zero-order chi connectivity index (χ0) is 12.5. The number of carbonyl (C=O) groups is 1. The van der Waals surface area contributed by atoms with Gasteiger partial charge >= 0.3 is 0 Å². The maximum absolute atomic E-state index is 12.4. The predicted molar refractivity (Wildman–Crippen MR) is 74.5 cm³/mol. The van der Waals surface area contributed by atoms with Crippen molar-refractivity contribution in [3.63, 3.8) is 0 Å². The van der Waals surface area contributed by atoms with Crippen LogP contribution in [0.5, 0.6) is 0 Å². The Hall–Kier alpha value is -1.71. The van der Waals surface area contributed by atoms with Crippen LogP contribution in [0.15, 0.2) is 48.0 Å². The van der Waals surface area contributed by atoms with Crippen molar-refractivity contribution in [2.24, 2.45) is 0 Å². The van der Waals surface area contributed by atoms with E-state index in [1.54, 1.807) is 17.6 Å². The summed E-state index contributed by atoms with van der Waals surface area (Å²) in [7, 11) is 0. The molecule has 3 rings (SSSR count). The van der Waals surface area contributed by atoms with E-state index < -0.39 is 0 Å². The van der Waals surface area contributed by atoms with Crippen LogP contribution in [0.4, 0.5) is 0 Å². The largest absolute Gasteiger partial charge is 0.286 e. The Bertz CT molecular complexity index is 730. The lowest BCUT2D eigenvalue weighted by Crippen LogP contribution is -2.03. The molecule has 0 saturated heterocycles. The molecule has 2 nitrogen and oxygen atoms in total. The molecule has 0 N–H and O–H groups in total. The fourth-order valence-electron chi connectivity index (χ4n) is 1.86. The average Bonchev–Trinajstić information content (AvgIpc) is 2.83. The predicted octanol–water partition coefficient (Wildman–Crippen LogP) is 4.18. The van der Waals surface area contributed by atoms with Crippen LogP contribution in [0.2, 0.25) is 5.02 Å². The first-order chi connectivity index (χ1) is 8.77. The second-order valence-electron chi connectivity index (χ2n) is 3.81. The van der Waals surface area contributed by atoms with E-state index in [9.17, 15) is 4.79 Å². The quantitative estimate of drug-likeness (QED) is 0.656. The molecule has 0 saturated carbocycles. The second-order valence-corrected chi connectivity index (χ2v) is 5.13. The van der Waals surface area contributed by atoms with Crippen LogP contribution in [0.3, 0.4) is 0 Å². The second kappa shape index (κ2) is 4.52. The van der Waals surface area contributed by atoms with Gasteiger partial charge in [-0.2, -0.15) is 0 Å². The Morgan fingerprint density at radius 3 is 2.78 bits per heavy atom. The number of rotatable bonds is 2. The lowest BCUT2D eigenvalue weighted by molar-refractivity contribution is 0.104. The molecular weight excluding hydrogens is 266 g/mol. The summed E-state index contributed by atoms with van der Waals surface area (Å²) in [6.07, 6.45) is 1.65. The number of benzene rings is 1. The molecule has 18 heavy (non-hydrogen) atoms. The first-order valence-corrected chi connectivity index (χ1v) is 6.64. The molecule has 0 fully saturated rings. The summed E-state index contributed by atoms with van der Waals surface area (Å²) in [5.41, 5.74) is 0.456. The van der Waals surface area contributed by atoms with Crippen molar-refractivity contribution in [3.05, 3.63) is 63.6 Å². The van der Waals surface area contributed by atoms with E-state index in [-0.39, 0.29) is 5.78 Å². The fourth-order valence-corrected chi connectivity index (χ4v) is 2.95. The van der Waals surface area contributed by atoms with E-state index in [1.165, 1.54) is 11.3 Å². The van der Waals surface area contributed by atoms with Crippen LogP contribution >= 0.6 is 22.9 Å². The minimum absolute atomic E-state index is 0.119. The van der Waals surface area contributed by atoms with Gasteiger partial charge in [-0.3, -0.25) is 9.78 Å². The molecule has 3 aromatic rings. The third-order valence-corrected chi connectivity index (χ3v) is 4.05. The van der Waals surface area contributed by atoms with Gasteiger partial charge < -0.3 is 0 Å². The summed E-state index contributed by atoms with van der Waals surface area (Å²) >= 11 is 7.34. The first-order valence-electron chi connectivity index (χ1n) is 5.39. The van der Waals surface area contributed by atoms with Crippen LogP contribution in [0.1, 0.15) is 15.4 Å². The minimum atomic E-state index is -0.119. The Morgan fingerprint density at radius 2 is 2.00 bits per heavy atom. The summed E-state index contributed by atoms with van der Waals surface area (Å²) in [6, 6.07) is 11.3. The Kier molecular flexibility index (Phi) is 2.86. The molecule has 0 bridgehead atoms. The Morgan fingerprint density at radius 1 is 1.17 bits per heavy atom. The number of carbonyl (C=O) groups excluding carboxylic acids is 1. The first kappa shape index (κ1) is 11.4. The van der Waals surface area contributed by atoms with Gasteiger partial charge in [-0.25, -0.2) is 0 Å². The SMILES string of the molecule is O=C(c1sccc1Cl)c1nccc2ccccc12. The molecule has 88 valence electrons. The molecule has 0 aliphatic rings. The molecule has 4 heteroatoms. The topological polar surface area (TPSA) is 30.0 Å². The van der Waals surface area contributed by atoms with E-state index in [4.69, 9.17) is 11.6 Å². The fraction of sp³-hybridized carbons (Fsp3) is 0.